The lowest BCUT2D eigenvalue weighted by Crippen LogP contribution is -2.43. The van der Waals surface area contributed by atoms with Gasteiger partial charge in [-0.05, 0) is 82.5 Å². The Hall–Kier alpha value is -3.11. The van der Waals surface area contributed by atoms with Gasteiger partial charge in [-0.1, -0.05) is 48.5 Å². The summed E-state index contributed by atoms with van der Waals surface area (Å²) >= 11 is 0. The van der Waals surface area contributed by atoms with E-state index in [1.165, 1.54) is 11.3 Å². The zero-order valence-electron chi connectivity index (χ0n) is 21.6. The molecule has 4 nitrogen and oxygen atoms in total. The number of amides is 1. The maximum atomic E-state index is 13.2. The van der Waals surface area contributed by atoms with Crippen molar-refractivity contribution in [3.63, 3.8) is 0 Å². The van der Waals surface area contributed by atoms with Gasteiger partial charge < -0.3 is 9.80 Å². The maximum absolute atomic E-state index is 13.2. The molecule has 1 aliphatic rings. The third kappa shape index (κ3) is 6.12. The van der Waals surface area contributed by atoms with Crippen LogP contribution >= 0.6 is 0 Å². The van der Waals surface area contributed by atoms with E-state index in [1.54, 1.807) is 0 Å². The van der Waals surface area contributed by atoms with Crippen molar-refractivity contribution in [3.05, 3.63) is 96.1 Å². The molecule has 184 valence electrons. The van der Waals surface area contributed by atoms with Gasteiger partial charge in [0.25, 0.3) is 5.91 Å². The van der Waals surface area contributed by atoms with E-state index in [2.05, 4.69) is 110 Å². The largest absolute Gasteiger partial charge is 0.338 e. The Bertz CT molecular complexity index is 1050. The molecular formula is C31H39N3O. The van der Waals surface area contributed by atoms with Gasteiger partial charge >= 0.3 is 0 Å². The molecular weight excluding hydrogens is 430 g/mol. The quantitative estimate of drug-likeness (QED) is 0.365. The molecule has 35 heavy (non-hydrogen) atoms. The van der Waals surface area contributed by atoms with Crippen LogP contribution in [0.2, 0.25) is 0 Å². The molecule has 0 spiro atoms. The predicted molar refractivity (Wildman–Crippen MR) is 146 cm³/mol. The molecule has 1 fully saturated rings. The minimum absolute atomic E-state index is 0.0991. The normalized spacial score (nSPS) is 14.9. The SMILES string of the molecule is CC(C)N(C(=O)c1ccc(N(c2ccccc2)C2CCN(Cc3ccccc3)CC2)cc1)C(C)C. The van der Waals surface area contributed by atoms with Crippen LogP contribution < -0.4 is 4.90 Å². The first kappa shape index (κ1) is 25.0. The highest BCUT2D eigenvalue weighted by Gasteiger charge is 2.27. The molecule has 3 aromatic carbocycles. The number of piperidine rings is 1. The van der Waals surface area contributed by atoms with Crippen LogP contribution in [0, 0.1) is 0 Å². The Kier molecular flexibility index (Phi) is 8.25. The highest BCUT2D eigenvalue weighted by molar-refractivity contribution is 5.95. The Morgan fingerprint density at radius 3 is 1.83 bits per heavy atom. The molecule has 4 heteroatoms. The minimum Gasteiger partial charge on any atom is -0.338 e. The van der Waals surface area contributed by atoms with Crippen LogP contribution in [0.4, 0.5) is 11.4 Å². The number of carbonyl (C=O) groups is 1. The second-order valence-electron chi connectivity index (χ2n) is 10.1. The highest BCUT2D eigenvalue weighted by Crippen LogP contribution is 2.32. The molecule has 0 aromatic heterocycles. The molecule has 1 saturated heterocycles. The average molecular weight is 470 g/mol. The van der Waals surface area contributed by atoms with Crippen LogP contribution in [0.25, 0.3) is 0 Å². The second-order valence-corrected chi connectivity index (χ2v) is 10.1. The fraction of sp³-hybridized carbons (Fsp3) is 0.387. The second kappa shape index (κ2) is 11.5. The molecule has 4 rings (SSSR count). The summed E-state index contributed by atoms with van der Waals surface area (Å²) in [5, 5.41) is 0. The predicted octanol–water partition coefficient (Wildman–Crippen LogP) is 6.75. The summed E-state index contributed by atoms with van der Waals surface area (Å²) in [5.41, 5.74) is 4.48. The average Bonchev–Trinajstić information content (AvgIpc) is 2.86. The van der Waals surface area contributed by atoms with Crippen molar-refractivity contribution in [2.45, 2.75) is 65.2 Å². The lowest BCUT2D eigenvalue weighted by molar-refractivity contribution is 0.0644. The summed E-state index contributed by atoms with van der Waals surface area (Å²) in [6, 6.07) is 30.4. The molecule has 1 aliphatic heterocycles. The van der Waals surface area contributed by atoms with Crippen molar-refractivity contribution >= 4 is 17.3 Å². The van der Waals surface area contributed by atoms with Crippen LogP contribution in [0.5, 0.6) is 0 Å². The number of hydrogen-bond donors (Lipinski definition) is 0. The van der Waals surface area contributed by atoms with Crippen LogP contribution in [0.15, 0.2) is 84.9 Å². The molecule has 1 amide bonds. The van der Waals surface area contributed by atoms with E-state index in [9.17, 15) is 4.79 Å². The van der Waals surface area contributed by atoms with Crippen LogP contribution in [0.1, 0.15) is 56.5 Å². The first-order valence-corrected chi connectivity index (χ1v) is 13.0. The maximum Gasteiger partial charge on any atom is 0.254 e. The molecule has 0 aliphatic carbocycles. The summed E-state index contributed by atoms with van der Waals surface area (Å²) in [7, 11) is 0. The van der Waals surface area contributed by atoms with Gasteiger partial charge in [-0.3, -0.25) is 9.69 Å². The number of carbonyl (C=O) groups excluding carboxylic acids is 1. The molecule has 0 unspecified atom stereocenters. The zero-order valence-corrected chi connectivity index (χ0v) is 21.6. The fourth-order valence-corrected chi connectivity index (χ4v) is 5.32. The fourth-order valence-electron chi connectivity index (χ4n) is 5.32. The number of para-hydroxylation sites is 1. The van der Waals surface area contributed by atoms with Crippen molar-refractivity contribution in [2.75, 3.05) is 18.0 Å². The lowest BCUT2D eigenvalue weighted by Gasteiger charge is -2.40. The lowest BCUT2D eigenvalue weighted by atomic mass is 10.00. The Morgan fingerprint density at radius 2 is 1.29 bits per heavy atom. The summed E-state index contributed by atoms with van der Waals surface area (Å²) < 4.78 is 0. The summed E-state index contributed by atoms with van der Waals surface area (Å²) in [4.78, 5) is 20.2. The zero-order chi connectivity index (χ0) is 24.8. The number of benzene rings is 3. The van der Waals surface area contributed by atoms with Crippen molar-refractivity contribution in [1.82, 2.24) is 9.80 Å². The van der Waals surface area contributed by atoms with Crippen LogP contribution in [0.3, 0.4) is 0 Å². The van der Waals surface area contributed by atoms with Gasteiger partial charge in [-0.2, -0.15) is 0 Å². The van der Waals surface area contributed by atoms with Gasteiger partial charge in [0.2, 0.25) is 0 Å². The first-order valence-electron chi connectivity index (χ1n) is 13.0. The van der Waals surface area contributed by atoms with Crippen molar-refractivity contribution in [3.8, 4) is 0 Å². The highest BCUT2D eigenvalue weighted by atomic mass is 16.2. The van der Waals surface area contributed by atoms with Crippen LogP contribution in [-0.4, -0.2) is 46.9 Å². The minimum atomic E-state index is 0.0991. The van der Waals surface area contributed by atoms with Gasteiger partial charge in [0.15, 0.2) is 0 Å². The molecule has 0 atom stereocenters. The van der Waals surface area contributed by atoms with Gasteiger partial charge in [0.05, 0.1) is 0 Å². The molecule has 3 aromatic rings. The number of likely N-dealkylation sites (tertiary alicyclic amines) is 1. The monoisotopic (exact) mass is 469 g/mol. The topological polar surface area (TPSA) is 26.8 Å². The van der Waals surface area contributed by atoms with Crippen LogP contribution in [-0.2, 0) is 6.54 Å². The third-order valence-corrected chi connectivity index (χ3v) is 6.95. The Labute approximate surface area is 211 Å². The summed E-state index contributed by atoms with van der Waals surface area (Å²) in [6.45, 7) is 11.5. The third-order valence-electron chi connectivity index (χ3n) is 6.95. The number of hydrogen-bond acceptors (Lipinski definition) is 3. The number of rotatable bonds is 8. The molecule has 1 heterocycles. The Balaban J connectivity index is 1.52. The van der Waals surface area contributed by atoms with Gasteiger partial charge in [-0.15, -0.1) is 0 Å². The Morgan fingerprint density at radius 1 is 0.771 bits per heavy atom. The summed E-state index contributed by atoms with van der Waals surface area (Å²) in [6.07, 6.45) is 2.22. The first-order chi connectivity index (χ1) is 16.9. The van der Waals surface area contributed by atoms with E-state index in [4.69, 9.17) is 0 Å². The van der Waals surface area contributed by atoms with Gasteiger partial charge in [0.1, 0.15) is 0 Å². The molecule has 0 radical (unpaired) electrons. The van der Waals surface area contributed by atoms with E-state index < -0.39 is 0 Å². The van der Waals surface area contributed by atoms with E-state index in [0.29, 0.717) is 6.04 Å². The van der Waals surface area contributed by atoms with E-state index in [0.717, 1.165) is 43.7 Å². The van der Waals surface area contributed by atoms with Crippen molar-refractivity contribution in [1.29, 1.82) is 0 Å². The standard InChI is InChI=1S/C31H39N3O/c1-24(2)33(25(3)4)31(35)27-15-17-29(18-16-27)34(28-13-9-6-10-14-28)30-19-21-32(22-20-30)23-26-11-7-5-8-12-26/h5-18,24-25,30H,19-23H2,1-4H3. The van der Waals surface area contributed by atoms with E-state index in [1.807, 2.05) is 17.0 Å². The van der Waals surface area contributed by atoms with Gasteiger partial charge in [-0.25, -0.2) is 0 Å². The van der Waals surface area contributed by atoms with E-state index >= 15 is 0 Å². The number of anilines is 2. The molecule has 0 N–H and O–H groups in total. The van der Waals surface area contributed by atoms with Gasteiger partial charge in [0, 0.05) is 54.7 Å². The molecule has 0 saturated carbocycles. The van der Waals surface area contributed by atoms with Crippen molar-refractivity contribution in [2.24, 2.45) is 0 Å². The number of nitrogens with zero attached hydrogens (tertiary/aromatic N) is 3. The van der Waals surface area contributed by atoms with E-state index in [-0.39, 0.29) is 18.0 Å². The summed E-state index contributed by atoms with van der Waals surface area (Å²) in [5.74, 6) is 0.0991. The molecule has 0 bridgehead atoms. The van der Waals surface area contributed by atoms with Crippen molar-refractivity contribution < 1.29 is 4.79 Å². The smallest absolute Gasteiger partial charge is 0.254 e.